The summed E-state index contributed by atoms with van der Waals surface area (Å²) in [6.07, 6.45) is 0.806. The molecule has 3 nitrogen and oxygen atoms in total. The number of ketones is 1. The summed E-state index contributed by atoms with van der Waals surface area (Å²) in [6.45, 7) is 0.624. The van der Waals surface area contributed by atoms with Gasteiger partial charge in [-0.15, -0.1) is 0 Å². The van der Waals surface area contributed by atoms with Gasteiger partial charge in [0.15, 0.2) is 5.78 Å². The van der Waals surface area contributed by atoms with Crippen molar-refractivity contribution in [2.24, 2.45) is 0 Å². The maximum Gasteiger partial charge on any atom is 0.188 e. The van der Waals surface area contributed by atoms with Crippen LogP contribution in [0, 0.1) is 0 Å². The molecule has 4 heteroatoms. The molecule has 0 aliphatic carbocycles. The molecule has 0 N–H and O–H groups in total. The van der Waals surface area contributed by atoms with Gasteiger partial charge in [0, 0.05) is 5.56 Å². The van der Waals surface area contributed by atoms with Crippen LogP contribution in [0.1, 0.15) is 15.9 Å². The molecule has 110 valence electrons. The predicted molar refractivity (Wildman–Crippen MR) is 86.0 cm³/mol. The molecule has 0 aliphatic rings. The molecular weight excluding hydrogens is 332 g/mol. The van der Waals surface area contributed by atoms with E-state index in [0.29, 0.717) is 17.9 Å². The summed E-state index contributed by atoms with van der Waals surface area (Å²) in [4.78, 5) is 12.0. The van der Waals surface area contributed by atoms with Gasteiger partial charge in [-0.05, 0) is 46.1 Å². The molecule has 0 saturated carbocycles. The second-order valence-corrected chi connectivity index (χ2v) is 5.42. The molecular formula is C17H17BrO3. The highest BCUT2D eigenvalue weighted by atomic mass is 79.9. The lowest BCUT2D eigenvalue weighted by Crippen LogP contribution is -2.11. The van der Waals surface area contributed by atoms with Crippen LogP contribution in [0.25, 0.3) is 0 Å². The van der Waals surface area contributed by atoms with Crippen molar-refractivity contribution in [3.05, 3.63) is 64.1 Å². The zero-order valence-corrected chi connectivity index (χ0v) is 13.4. The van der Waals surface area contributed by atoms with Crippen molar-refractivity contribution < 1.29 is 14.3 Å². The van der Waals surface area contributed by atoms with Crippen molar-refractivity contribution in [1.29, 1.82) is 0 Å². The van der Waals surface area contributed by atoms with Crippen molar-refractivity contribution in [3.8, 4) is 5.75 Å². The van der Waals surface area contributed by atoms with E-state index >= 15 is 0 Å². The number of methoxy groups -OCH3 is 1. The summed E-state index contributed by atoms with van der Waals surface area (Å²) in [5.74, 6) is 0.669. The Morgan fingerprint density at radius 1 is 1.14 bits per heavy atom. The first kappa shape index (κ1) is 15.7. The van der Waals surface area contributed by atoms with Crippen LogP contribution in [0.15, 0.2) is 53.0 Å². The van der Waals surface area contributed by atoms with Gasteiger partial charge in [-0.3, -0.25) is 4.79 Å². The Morgan fingerprint density at radius 3 is 2.57 bits per heavy atom. The van der Waals surface area contributed by atoms with Gasteiger partial charge in [0.1, 0.15) is 12.4 Å². The first-order chi connectivity index (χ1) is 10.2. The van der Waals surface area contributed by atoms with Gasteiger partial charge >= 0.3 is 0 Å². The van der Waals surface area contributed by atoms with Gasteiger partial charge < -0.3 is 9.47 Å². The fourth-order valence-corrected chi connectivity index (χ4v) is 2.46. The van der Waals surface area contributed by atoms with Crippen LogP contribution in [-0.4, -0.2) is 26.1 Å². The minimum atomic E-state index is -0.0357. The number of Topliss-reactive ketones (excluding diaryl/α,β-unsaturated/α-hetero) is 1. The van der Waals surface area contributed by atoms with Crippen LogP contribution in [0.4, 0.5) is 0 Å². The molecule has 2 aromatic carbocycles. The smallest absolute Gasteiger partial charge is 0.188 e. The topological polar surface area (TPSA) is 35.5 Å². The van der Waals surface area contributed by atoms with Crippen LogP contribution in [-0.2, 0) is 11.2 Å². The standard InChI is InChI=1S/C17H17BrO3/c1-20-17-8-7-14(11-15(17)18)16(19)12-21-10-9-13-5-3-2-4-6-13/h2-8,11H,9-10,12H2,1H3. The Hall–Kier alpha value is -1.65. The second kappa shape index (κ2) is 7.96. The molecule has 0 amide bonds. The van der Waals surface area contributed by atoms with E-state index in [2.05, 4.69) is 15.9 Å². The Balaban J connectivity index is 1.80. The number of hydrogen-bond acceptors (Lipinski definition) is 3. The van der Waals surface area contributed by atoms with Gasteiger partial charge in [0.05, 0.1) is 18.2 Å². The van der Waals surface area contributed by atoms with E-state index in [9.17, 15) is 4.79 Å². The molecule has 0 aliphatic heterocycles. The molecule has 0 atom stereocenters. The molecule has 0 saturated heterocycles. The lowest BCUT2D eigenvalue weighted by atomic mass is 10.1. The number of carbonyl (C=O) groups is 1. The molecule has 0 unspecified atom stereocenters. The minimum Gasteiger partial charge on any atom is -0.496 e. The fraction of sp³-hybridized carbons (Fsp3) is 0.235. The van der Waals surface area contributed by atoms with Gasteiger partial charge in [-0.2, -0.15) is 0 Å². The Kier molecular flexibility index (Phi) is 5.96. The zero-order valence-electron chi connectivity index (χ0n) is 11.8. The van der Waals surface area contributed by atoms with Crippen LogP contribution >= 0.6 is 15.9 Å². The summed E-state index contributed by atoms with van der Waals surface area (Å²) in [5.41, 5.74) is 1.82. The van der Waals surface area contributed by atoms with E-state index in [1.54, 1.807) is 25.3 Å². The average Bonchev–Trinajstić information content (AvgIpc) is 2.52. The first-order valence-corrected chi connectivity index (χ1v) is 7.48. The summed E-state index contributed by atoms with van der Waals surface area (Å²) in [7, 11) is 1.59. The Morgan fingerprint density at radius 2 is 1.90 bits per heavy atom. The van der Waals surface area contributed by atoms with E-state index < -0.39 is 0 Å². The van der Waals surface area contributed by atoms with E-state index in [4.69, 9.17) is 9.47 Å². The molecule has 0 spiro atoms. The monoisotopic (exact) mass is 348 g/mol. The molecule has 0 radical (unpaired) electrons. The lowest BCUT2D eigenvalue weighted by molar-refractivity contribution is 0.0765. The summed E-state index contributed by atoms with van der Waals surface area (Å²) in [6, 6.07) is 15.3. The lowest BCUT2D eigenvalue weighted by Gasteiger charge is -2.07. The van der Waals surface area contributed by atoms with Crippen molar-refractivity contribution in [2.45, 2.75) is 6.42 Å². The highest BCUT2D eigenvalue weighted by molar-refractivity contribution is 9.10. The maximum absolute atomic E-state index is 12.0. The van der Waals surface area contributed by atoms with Crippen molar-refractivity contribution in [1.82, 2.24) is 0 Å². The average molecular weight is 349 g/mol. The quantitative estimate of drug-likeness (QED) is 0.562. The van der Waals surface area contributed by atoms with Crippen LogP contribution in [0.3, 0.4) is 0 Å². The largest absolute Gasteiger partial charge is 0.496 e. The summed E-state index contributed by atoms with van der Waals surface area (Å²) in [5, 5.41) is 0. The van der Waals surface area contributed by atoms with E-state index in [1.807, 2.05) is 30.3 Å². The van der Waals surface area contributed by atoms with Gasteiger partial charge in [-0.25, -0.2) is 0 Å². The number of halogens is 1. The third-order valence-corrected chi connectivity index (χ3v) is 3.70. The number of hydrogen-bond donors (Lipinski definition) is 0. The normalized spacial score (nSPS) is 10.4. The van der Waals surface area contributed by atoms with Crippen LogP contribution in [0.2, 0.25) is 0 Å². The molecule has 0 heterocycles. The van der Waals surface area contributed by atoms with Crippen molar-refractivity contribution in [3.63, 3.8) is 0 Å². The molecule has 0 bridgehead atoms. The highest BCUT2D eigenvalue weighted by Crippen LogP contribution is 2.25. The maximum atomic E-state index is 12.0. The molecule has 2 rings (SSSR count). The number of carbonyl (C=O) groups excluding carboxylic acids is 1. The minimum absolute atomic E-state index is 0.0357. The van der Waals surface area contributed by atoms with Crippen molar-refractivity contribution in [2.75, 3.05) is 20.3 Å². The van der Waals surface area contributed by atoms with Crippen LogP contribution < -0.4 is 4.74 Å². The molecule has 2 aromatic rings. The SMILES string of the molecule is COc1ccc(C(=O)COCCc2ccccc2)cc1Br. The Bertz CT molecular complexity index is 596. The molecule has 0 aromatic heterocycles. The van der Waals surface area contributed by atoms with Gasteiger partial charge in [-0.1, -0.05) is 30.3 Å². The van der Waals surface area contributed by atoms with Crippen LogP contribution in [0.5, 0.6) is 5.75 Å². The Labute approximate surface area is 133 Å². The number of ether oxygens (including phenoxy) is 2. The third-order valence-electron chi connectivity index (χ3n) is 3.08. The third kappa shape index (κ3) is 4.69. The molecule has 21 heavy (non-hydrogen) atoms. The van der Waals surface area contributed by atoms with Gasteiger partial charge in [0.25, 0.3) is 0 Å². The highest BCUT2D eigenvalue weighted by Gasteiger charge is 2.09. The van der Waals surface area contributed by atoms with Gasteiger partial charge in [0.2, 0.25) is 0 Å². The number of benzene rings is 2. The predicted octanol–water partition coefficient (Wildman–Crippen LogP) is 3.90. The summed E-state index contributed by atoms with van der Waals surface area (Å²) < 4.78 is 11.4. The molecule has 0 fully saturated rings. The van der Waals surface area contributed by atoms with E-state index in [-0.39, 0.29) is 12.4 Å². The van der Waals surface area contributed by atoms with E-state index in [0.717, 1.165) is 10.9 Å². The van der Waals surface area contributed by atoms with Crippen molar-refractivity contribution >= 4 is 21.7 Å². The van der Waals surface area contributed by atoms with E-state index in [1.165, 1.54) is 5.56 Å². The number of rotatable bonds is 7. The second-order valence-electron chi connectivity index (χ2n) is 4.56. The first-order valence-electron chi connectivity index (χ1n) is 6.69. The fourth-order valence-electron chi connectivity index (χ4n) is 1.92. The summed E-state index contributed by atoms with van der Waals surface area (Å²) >= 11 is 3.37. The zero-order chi connectivity index (χ0) is 15.1.